The number of benzene rings is 1. The molecule has 1 fully saturated rings. The molecule has 19 heavy (non-hydrogen) atoms. The minimum atomic E-state index is 0.326. The van der Waals surface area contributed by atoms with Crippen LogP contribution in [0.3, 0.4) is 0 Å². The standard InChI is InChI=1S/C15H17ClN2O/c16-12-7-5-11(6-8-12)15-10-14(18-19-15)13-4-2-1-3-9-17-13/h5-8,10,13,17H,1-4,9H2. The summed E-state index contributed by atoms with van der Waals surface area (Å²) in [5.41, 5.74) is 2.02. The second-order valence-corrected chi connectivity index (χ2v) is 5.42. The van der Waals surface area contributed by atoms with Crippen LogP contribution in [0, 0.1) is 0 Å². The number of nitrogens with one attached hydrogen (secondary N) is 1. The van der Waals surface area contributed by atoms with Crippen LogP contribution < -0.4 is 5.32 Å². The molecule has 0 bridgehead atoms. The molecule has 1 N–H and O–H groups in total. The molecule has 0 amide bonds. The van der Waals surface area contributed by atoms with Crippen LogP contribution in [-0.4, -0.2) is 11.7 Å². The highest BCUT2D eigenvalue weighted by Crippen LogP contribution is 2.27. The average Bonchev–Trinajstić information content (AvgIpc) is 2.76. The summed E-state index contributed by atoms with van der Waals surface area (Å²) >= 11 is 5.89. The highest BCUT2D eigenvalue weighted by molar-refractivity contribution is 6.30. The minimum Gasteiger partial charge on any atom is -0.356 e. The lowest BCUT2D eigenvalue weighted by Crippen LogP contribution is -2.20. The van der Waals surface area contributed by atoms with E-state index in [1.54, 1.807) is 0 Å². The molecule has 1 saturated heterocycles. The van der Waals surface area contributed by atoms with Gasteiger partial charge in [-0.1, -0.05) is 29.6 Å². The zero-order valence-corrected chi connectivity index (χ0v) is 11.5. The Balaban J connectivity index is 1.80. The molecule has 1 aromatic heterocycles. The number of aromatic nitrogens is 1. The molecule has 4 heteroatoms. The lowest BCUT2D eigenvalue weighted by molar-refractivity contribution is 0.402. The Morgan fingerprint density at radius 3 is 2.84 bits per heavy atom. The van der Waals surface area contributed by atoms with Crippen LogP contribution >= 0.6 is 11.6 Å². The first-order chi connectivity index (χ1) is 9.33. The van der Waals surface area contributed by atoms with E-state index < -0.39 is 0 Å². The third-order valence-corrected chi connectivity index (χ3v) is 3.83. The Kier molecular flexibility index (Phi) is 3.85. The molecule has 0 aliphatic carbocycles. The van der Waals surface area contributed by atoms with E-state index >= 15 is 0 Å². The van der Waals surface area contributed by atoms with Crippen LogP contribution in [0.15, 0.2) is 34.9 Å². The second-order valence-electron chi connectivity index (χ2n) is 4.98. The fraction of sp³-hybridized carbons (Fsp3) is 0.400. The molecule has 0 spiro atoms. The first-order valence-corrected chi connectivity index (χ1v) is 7.17. The summed E-state index contributed by atoms with van der Waals surface area (Å²) in [5, 5.41) is 8.47. The summed E-state index contributed by atoms with van der Waals surface area (Å²) < 4.78 is 5.45. The lowest BCUT2D eigenvalue weighted by Gasteiger charge is -2.11. The number of halogens is 1. The highest BCUT2D eigenvalue weighted by Gasteiger charge is 2.18. The summed E-state index contributed by atoms with van der Waals surface area (Å²) in [6.07, 6.45) is 4.93. The summed E-state index contributed by atoms with van der Waals surface area (Å²) in [6.45, 7) is 1.06. The van der Waals surface area contributed by atoms with Gasteiger partial charge in [-0.3, -0.25) is 0 Å². The Bertz CT molecular complexity index is 527. The molecule has 1 aromatic carbocycles. The molecule has 1 unspecified atom stereocenters. The molecule has 3 rings (SSSR count). The molecule has 3 nitrogen and oxygen atoms in total. The molecule has 2 aromatic rings. The maximum absolute atomic E-state index is 5.89. The van der Waals surface area contributed by atoms with Gasteiger partial charge in [0, 0.05) is 16.7 Å². The van der Waals surface area contributed by atoms with E-state index in [1.165, 1.54) is 19.3 Å². The monoisotopic (exact) mass is 276 g/mol. The Hall–Kier alpha value is -1.32. The van der Waals surface area contributed by atoms with Crippen LogP contribution in [-0.2, 0) is 0 Å². The highest BCUT2D eigenvalue weighted by atomic mass is 35.5. The van der Waals surface area contributed by atoms with Crippen molar-refractivity contribution in [2.24, 2.45) is 0 Å². The molecule has 1 aliphatic heterocycles. The van der Waals surface area contributed by atoms with E-state index in [4.69, 9.17) is 16.1 Å². The summed E-state index contributed by atoms with van der Waals surface area (Å²) in [6, 6.07) is 9.99. The van der Waals surface area contributed by atoms with Gasteiger partial charge in [-0.25, -0.2) is 0 Å². The van der Waals surface area contributed by atoms with Gasteiger partial charge in [0.1, 0.15) is 5.69 Å². The van der Waals surface area contributed by atoms with E-state index in [9.17, 15) is 0 Å². The van der Waals surface area contributed by atoms with E-state index in [2.05, 4.69) is 10.5 Å². The maximum atomic E-state index is 5.89. The molecule has 2 heterocycles. The van der Waals surface area contributed by atoms with Gasteiger partial charge in [0.05, 0.1) is 6.04 Å². The molecule has 0 saturated carbocycles. The number of hydrogen-bond acceptors (Lipinski definition) is 3. The Labute approximate surface area is 117 Å². The predicted molar refractivity (Wildman–Crippen MR) is 76.2 cm³/mol. The molecule has 100 valence electrons. The first-order valence-electron chi connectivity index (χ1n) is 6.79. The van der Waals surface area contributed by atoms with Gasteiger partial charge in [0.2, 0.25) is 0 Å². The SMILES string of the molecule is Clc1ccc(-c2cc(C3CCCCCN3)no2)cc1. The second kappa shape index (κ2) is 5.76. The fourth-order valence-corrected chi connectivity index (χ4v) is 2.61. The van der Waals surface area contributed by atoms with Crippen LogP contribution in [0.1, 0.15) is 37.4 Å². The maximum Gasteiger partial charge on any atom is 0.167 e. The van der Waals surface area contributed by atoms with Crippen molar-refractivity contribution in [1.82, 2.24) is 10.5 Å². The lowest BCUT2D eigenvalue weighted by atomic mass is 10.1. The van der Waals surface area contributed by atoms with Crippen molar-refractivity contribution in [3.05, 3.63) is 41.0 Å². The normalized spacial score (nSPS) is 20.2. The van der Waals surface area contributed by atoms with Crippen molar-refractivity contribution in [2.75, 3.05) is 6.54 Å². The van der Waals surface area contributed by atoms with Gasteiger partial charge in [-0.05, 0) is 43.7 Å². The van der Waals surface area contributed by atoms with E-state index in [0.29, 0.717) is 6.04 Å². The molecule has 1 atom stereocenters. The predicted octanol–water partition coefficient (Wildman–Crippen LogP) is 4.20. The quantitative estimate of drug-likeness (QED) is 0.893. The first kappa shape index (κ1) is 12.7. The molecular formula is C15H17ClN2O. The van der Waals surface area contributed by atoms with E-state index in [-0.39, 0.29) is 0 Å². The third kappa shape index (κ3) is 2.99. The van der Waals surface area contributed by atoms with Crippen molar-refractivity contribution >= 4 is 11.6 Å². The van der Waals surface area contributed by atoms with Crippen molar-refractivity contribution in [2.45, 2.75) is 31.7 Å². The topological polar surface area (TPSA) is 38.1 Å². The van der Waals surface area contributed by atoms with Gasteiger partial charge in [-0.15, -0.1) is 0 Å². The zero-order chi connectivity index (χ0) is 13.1. The van der Waals surface area contributed by atoms with E-state index in [1.807, 2.05) is 30.3 Å². The minimum absolute atomic E-state index is 0.326. The van der Waals surface area contributed by atoms with Gasteiger partial charge in [-0.2, -0.15) is 0 Å². The smallest absolute Gasteiger partial charge is 0.167 e. The van der Waals surface area contributed by atoms with Crippen molar-refractivity contribution < 1.29 is 4.52 Å². The van der Waals surface area contributed by atoms with Crippen molar-refractivity contribution in [3.63, 3.8) is 0 Å². The number of hydrogen-bond donors (Lipinski definition) is 1. The van der Waals surface area contributed by atoms with Gasteiger partial charge in [0.25, 0.3) is 0 Å². The van der Waals surface area contributed by atoms with Crippen LogP contribution in [0.2, 0.25) is 5.02 Å². The largest absolute Gasteiger partial charge is 0.356 e. The van der Waals surface area contributed by atoms with Gasteiger partial charge < -0.3 is 9.84 Å². The van der Waals surface area contributed by atoms with Gasteiger partial charge >= 0.3 is 0 Å². The molecular weight excluding hydrogens is 260 g/mol. The van der Waals surface area contributed by atoms with E-state index in [0.717, 1.165) is 35.0 Å². The van der Waals surface area contributed by atoms with Crippen molar-refractivity contribution in [3.8, 4) is 11.3 Å². The number of rotatable bonds is 2. The Morgan fingerprint density at radius 2 is 2.00 bits per heavy atom. The van der Waals surface area contributed by atoms with Gasteiger partial charge in [0.15, 0.2) is 5.76 Å². The van der Waals surface area contributed by atoms with Crippen LogP contribution in [0.25, 0.3) is 11.3 Å². The molecule has 1 aliphatic rings. The third-order valence-electron chi connectivity index (χ3n) is 3.57. The Morgan fingerprint density at radius 1 is 1.16 bits per heavy atom. The van der Waals surface area contributed by atoms with Crippen molar-refractivity contribution in [1.29, 1.82) is 0 Å². The van der Waals surface area contributed by atoms with Crippen LogP contribution in [0.4, 0.5) is 0 Å². The summed E-state index contributed by atoms with van der Waals surface area (Å²) in [5.74, 6) is 0.803. The average molecular weight is 277 g/mol. The van der Waals surface area contributed by atoms with Crippen LogP contribution in [0.5, 0.6) is 0 Å². The zero-order valence-electron chi connectivity index (χ0n) is 10.7. The fourth-order valence-electron chi connectivity index (χ4n) is 2.48. The number of nitrogens with zero attached hydrogens (tertiary/aromatic N) is 1. The molecule has 0 radical (unpaired) electrons. The summed E-state index contributed by atoms with van der Waals surface area (Å²) in [7, 11) is 0. The summed E-state index contributed by atoms with van der Waals surface area (Å²) in [4.78, 5) is 0.